The molecule has 3 N–H and O–H groups in total. The Kier molecular flexibility index (Phi) is 5.96. The van der Waals surface area contributed by atoms with Crippen molar-refractivity contribution in [1.29, 1.82) is 0 Å². The SMILES string of the molecule is C=C(C)COc1cccc(C(=O)N[C@H](C(N)=O)C(C)C)c1. The molecule has 0 fully saturated rings. The van der Waals surface area contributed by atoms with Gasteiger partial charge in [0, 0.05) is 5.56 Å². The van der Waals surface area contributed by atoms with E-state index in [9.17, 15) is 9.59 Å². The molecule has 0 heterocycles. The van der Waals surface area contributed by atoms with Crippen LogP contribution in [0.25, 0.3) is 0 Å². The molecule has 5 heteroatoms. The predicted octanol–water partition coefficient (Wildman–Crippen LogP) is 1.88. The number of benzene rings is 1. The van der Waals surface area contributed by atoms with Gasteiger partial charge in [-0.25, -0.2) is 0 Å². The van der Waals surface area contributed by atoms with Gasteiger partial charge in [0.2, 0.25) is 5.91 Å². The Bertz CT molecular complexity index is 538. The average Bonchev–Trinajstić information content (AvgIpc) is 2.41. The van der Waals surface area contributed by atoms with Crippen LogP contribution in [-0.2, 0) is 4.79 Å². The van der Waals surface area contributed by atoms with Gasteiger partial charge in [0.15, 0.2) is 0 Å². The van der Waals surface area contributed by atoms with Gasteiger partial charge in [-0.1, -0.05) is 26.5 Å². The van der Waals surface area contributed by atoms with Crippen molar-refractivity contribution in [2.45, 2.75) is 26.8 Å². The molecule has 0 aliphatic heterocycles. The summed E-state index contributed by atoms with van der Waals surface area (Å²) in [7, 11) is 0. The van der Waals surface area contributed by atoms with E-state index < -0.39 is 11.9 Å². The highest BCUT2D eigenvalue weighted by Crippen LogP contribution is 2.14. The van der Waals surface area contributed by atoms with Crippen molar-refractivity contribution in [3.05, 3.63) is 42.0 Å². The number of amides is 2. The second kappa shape index (κ2) is 7.47. The minimum Gasteiger partial charge on any atom is -0.489 e. The van der Waals surface area contributed by atoms with E-state index in [0.29, 0.717) is 17.9 Å². The van der Waals surface area contributed by atoms with Crippen LogP contribution in [0.5, 0.6) is 5.75 Å². The summed E-state index contributed by atoms with van der Waals surface area (Å²) in [6.45, 7) is 9.64. The molecule has 0 aliphatic rings. The van der Waals surface area contributed by atoms with Crippen LogP contribution in [0.1, 0.15) is 31.1 Å². The molecule has 0 saturated heterocycles. The number of hydrogen-bond acceptors (Lipinski definition) is 3. The highest BCUT2D eigenvalue weighted by molar-refractivity contribution is 5.97. The lowest BCUT2D eigenvalue weighted by Gasteiger charge is -2.19. The third kappa shape index (κ3) is 5.30. The molecular formula is C16H22N2O3. The van der Waals surface area contributed by atoms with E-state index in [4.69, 9.17) is 10.5 Å². The number of carbonyl (C=O) groups is 2. The molecule has 114 valence electrons. The second-order valence-electron chi connectivity index (χ2n) is 5.37. The van der Waals surface area contributed by atoms with E-state index in [1.165, 1.54) is 0 Å². The van der Waals surface area contributed by atoms with Crippen molar-refractivity contribution < 1.29 is 14.3 Å². The number of rotatable bonds is 7. The Morgan fingerprint density at radius 2 is 2.05 bits per heavy atom. The lowest BCUT2D eigenvalue weighted by Crippen LogP contribution is -2.47. The Morgan fingerprint density at radius 1 is 1.38 bits per heavy atom. The molecule has 0 aromatic heterocycles. The summed E-state index contributed by atoms with van der Waals surface area (Å²) in [5.41, 5.74) is 6.59. The van der Waals surface area contributed by atoms with Gasteiger partial charge in [-0.15, -0.1) is 0 Å². The van der Waals surface area contributed by atoms with Crippen molar-refractivity contribution in [1.82, 2.24) is 5.32 Å². The summed E-state index contributed by atoms with van der Waals surface area (Å²) in [4.78, 5) is 23.5. The van der Waals surface area contributed by atoms with Crippen LogP contribution in [0, 0.1) is 5.92 Å². The van der Waals surface area contributed by atoms with Crippen LogP contribution in [-0.4, -0.2) is 24.5 Å². The first-order valence-corrected chi connectivity index (χ1v) is 6.78. The monoisotopic (exact) mass is 290 g/mol. The summed E-state index contributed by atoms with van der Waals surface area (Å²) < 4.78 is 5.49. The number of ether oxygens (including phenoxy) is 1. The molecule has 0 unspecified atom stereocenters. The Balaban J connectivity index is 2.80. The zero-order valence-corrected chi connectivity index (χ0v) is 12.7. The normalized spacial score (nSPS) is 11.8. The summed E-state index contributed by atoms with van der Waals surface area (Å²) in [5.74, 6) is -0.401. The molecule has 5 nitrogen and oxygen atoms in total. The second-order valence-corrected chi connectivity index (χ2v) is 5.37. The quantitative estimate of drug-likeness (QED) is 0.752. The first-order chi connectivity index (χ1) is 9.81. The molecule has 1 atom stereocenters. The lowest BCUT2D eigenvalue weighted by molar-refractivity contribution is -0.120. The van der Waals surface area contributed by atoms with Crippen molar-refractivity contribution in [2.24, 2.45) is 11.7 Å². The first-order valence-electron chi connectivity index (χ1n) is 6.78. The fourth-order valence-electron chi connectivity index (χ4n) is 1.72. The van der Waals surface area contributed by atoms with Crippen LogP contribution in [0.15, 0.2) is 36.4 Å². The van der Waals surface area contributed by atoms with Gasteiger partial charge in [-0.3, -0.25) is 9.59 Å². The van der Waals surface area contributed by atoms with Gasteiger partial charge in [-0.2, -0.15) is 0 Å². The highest BCUT2D eigenvalue weighted by Gasteiger charge is 2.22. The number of carbonyl (C=O) groups excluding carboxylic acids is 2. The van der Waals surface area contributed by atoms with Crippen LogP contribution < -0.4 is 15.8 Å². The number of nitrogens with one attached hydrogen (secondary N) is 1. The number of hydrogen-bond donors (Lipinski definition) is 2. The molecule has 0 radical (unpaired) electrons. The third-order valence-electron chi connectivity index (χ3n) is 2.84. The predicted molar refractivity (Wildman–Crippen MR) is 82.0 cm³/mol. The van der Waals surface area contributed by atoms with E-state index in [0.717, 1.165) is 5.57 Å². The molecule has 1 rings (SSSR count). The molecule has 0 aliphatic carbocycles. The summed E-state index contributed by atoms with van der Waals surface area (Å²) in [6, 6.07) is 6.06. The van der Waals surface area contributed by atoms with Gasteiger partial charge in [0.1, 0.15) is 18.4 Å². The van der Waals surface area contributed by atoms with Gasteiger partial charge in [0.05, 0.1) is 0 Å². The number of nitrogens with two attached hydrogens (primary N) is 1. The van der Waals surface area contributed by atoms with Gasteiger partial charge in [0.25, 0.3) is 5.91 Å². The van der Waals surface area contributed by atoms with Crippen LogP contribution in [0.4, 0.5) is 0 Å². The fraction of sp³-hybridized carbons (Fsp3) is 0.375. The molecule has 0 spiro atoms. The topological polar surface area (TPSA) is 81.4 Å². The third-order valence-corrected chi connectivity index (χ3v) is 2.84. The smallest absolute Gasteiger partial charge is 0.252 e. The van der Waals surface area contributed by atoms with E-state index >= 15 is 0 Å². The molecule has 0 saturated carbocycles. The van der Waals surface area contributed by atoms with Gasteiger partial charge < -0.3 is 15.8 Å². The first kappa shape index (κ1) is 16.8. The van der Waals surface area contributed by atoms with Crippen molar-refractivity contribution in [3.8, 4) is 5.75 Å². The minimum atomic E-state index is -0.697. The lowest BCUT2D eigenvalue weighted by atomic mass is 10.0. The summed E-state index contributed by atoms with van der Waals surface area (Å²) in [6.07, 6.45) is 0. The van der Waals surface area contributed by atoms with E-state index in [-0.39, 0.29) is 11.8 Å². The van der Waals surface area contributed by atoms with Crippen LogP contribution >= 0.6 is 0 Å². The highest BCUT2D eigenvalue weighted by atomic mass is 16.5. The van der Waals surface area contributed by atoms with E-state index in [1.807, 2.05) is 20.8 Å². The van der Waals surface area contributed by atoms with Crippen molar-refractivity contribution >= 4 is 11.8 Å². The molecular weight excluding hydrogens is 268 g/mol. The number of primary amides is 1. The molecule has 21 heavy (non-hydrogen) atoms. The fourth-order valence-corrected chi connectivity index (χ4v) is 1.72. The zero-order valence-electron chi connectivity index (χ0n) is 12.7. The standard InChI is InChI=1S/C16H22N2O3/c1-10(2)9-21-13-7-5-6-12(8-13)16(20)18-14(11(3)4)15(17)19/h5-8,11,14H,1,9H2,2-4H3,(H2,17,19)(H,18,20)/t14-/m0/s1. The Morgan fingerprint density at radius 3 is 2.57 bits per heavy atom. The Hall–Kier alpha value is -2.30. The zero-order chi connectivity index (χ0) is 16.0. The summed E-state index contributed by atoms with van der Waals surface area (Å²) in [5, 5.41) is 2.64. The van der Waals surface area contributed by atoms with Crippen molar-refractivity contribution in [3.63, 3.8) is 0 Å². The minimum absolute atomic E-state index is 0.0747. The van der Waals surface area contributed by atoms with E-state index in [2.05, 4.69) is 11.9 Å². The Labute approximate surface area is 125 Å². The largest absolute Gasteiger partial charge is 0.489 e. The molecule has 1 aromatic carbocycles. The van der Waals surface area contributed by atoms with Crippen LogP contribution in [0.2, 0.25) is 0 Å². The van der Waals surface area contributed by atoms with Gasteiger partial charge >= 0.3 is 0 Å². The average molecular weight is 290 g/mol. The maximum atomic E-state index is 12.2. The maximum Gasteiger partial charge on any atom is 0.252 e. The molecule has 1 aromatic rings. The van der Waals surface area contributed by atoms with Crippen LogP contribution in [0.3, 0.4) is 0 Å². The molecule has 0 bridgehead atoms. The maximum absolute atomic E-state index is 12.2. The van der Waals surface area contributed by atoms with E-state index in [1.54, 1.807) is 24.3 Å². The van der Waals surface area contributed by atoms with Crippen molar-refractivity contribution in [2.75, 3.05) is 6.61 Å². The van der Waals surface area contributed by atoms with Gasteiger partial charge in [-0.05, 0) is 36.6 Å². The molecule has 2 amide bonds. The summed E-state index contributed by atoms with van der Waals surface area (Å²) >= 11 is 0.